The lowest BCUT2D eigenvalue weighted by Gasteiger charge is -2.29. The van der Waals surface area contributed by atoms with Gasteiger partial charge in [0, 0.05) is 44.5 Å². The molecule has 0 aromatic carbocycles. The zero-order valence-electron chi connectivity index (χ0n) is 16.2. The molecule has 0 aliphatic carbocycles. The van der Waals surface area contributed by atoms with Gasteiger partial charge in [-0.15, -0.1) is 0 Å². The molecular formula is C19H25N5O3. The predicted octanol–water partition coefficient (Wildman–Crippen LogP) is 2.04. The molecule has 1 aliphatic rings. The maximum atomic E-state index is 12.8. The number of hydrogen-bond acceptors (Lipinski definition) is 5. The number of nitrogens with zero attached hydrogens (tertiary/aromatic N) is 4. The Morgan fingerprint density at radius 3 is 2.78 bits per heavy atom. The fourth-order valence-corrected chi connectivity index (χ4v) is 3.04. The first-order chi connectivity index (χ1) is 12.7. The van der Waals surface area contributed by atoms with E-state index in [0.717, 1.165) is 16.8 Å². The van der Waals surface area contributed by atoms with Crippen molar-refractivity contribution < 1.29 is 14.3 Å². The third-order valence-corrected chi connectivity index (χ3v) is 4.24. The third kappa shape index (κ3) is 4.45. The minimum Gasteiger partial charge on any atom is -0.444 e. The van der Waals surface area contributed by atoms with E-state index in [-0.39, 0.29) is 12.0 Å². The smallest absolute Gasteiger partial charge is 0.410 e. The highest BCUT2D eigenvalue weighted by molar-refractivity contribution is 5.94. The van der Waals surface area contributed by atoms with Gasteiger partial charge in [-0.25, -0.2) is 4.79 Å². The minimum atomic E-state index is -0.559. The number of hydrogen-bond donors (Lipinski definition) is 1. The van der Waals surface area contributed by atoms with Crippen molar-refractivity contribution in [2.45, 2.75) is 45.9 Å². The Morgan fingerprint density at radius 2 is 2.11 bits per heavy atom. The summed E-state index contributed by atoms with van der Waals surface area (Å²) in [5, 5.41) is 7.36. The van der Waals surface area contributed by atoms with Gasteiger partial charge < -0.3 is 15.0 Å². The number of pyridine rings is 1. The van der Waals surface area contributed by atoms with Crippen LogP contribution in [0.5, 0.6) is 0 Å². The molecular weight excluding hydrogens is 346 g/mol. The summed E-state index contributed by atoms with van der Waals surface area (Å²) in [6.45, 7) is 6.72. The first-order valence-electron chi connectivity index (χ1n) is 8.94. The number of carbonyl (C=O) groups is 2. The van der Waals surface area contributed by atoms with E-state index < -0.39 is 5.60 Å². The quantitative estimate of drug-likeness (QED) is 0.892. The average molecular weight is 371 g/mol. The van der Waals surface area contributed by atoms with E-state index in [9.17, 15) is 9.59 Å². The topological polar surface area (TPSA) is 89.4 Å². The second-order valence-corrected chi connectivity index (χ2v) is 7.59. The zero-order chi connectivity index (χ0) is 19.6. The summed E-state index contributed by atoms with van der Waals surface area (Å²) < 4.78 is 7.04. The van der Waals surface area contributed by atoms with Crippen LogP contribution in [0.25, 0.3) is 0 Å². The summed E-state index contributed by atoms with van der Waals surface area (Å²) in [4.78, 5) is 30.8. The highest BCUT2D eigenvalue weighted by Gasteiger charge is 2.31. The van der Waals surface area contributed by atoms with E-state index in [4.69, 9.17) is 4.74 Å². The van der Waals surface area contributed by atoms with Crippen LogP contribution in [0.3, 0.4) is 0 Å². The Morgan fingerprint density at radius 1 is 1.33 bits per heavy atom. The highest BCUT2D eigenvalue weighted by atomic mass is 16.6. The van der Waals surface area contributed by atoms with E-state index >= 15 is 0 Å². The summed E-state index contributed by atoms with van der Waals surface area (Å²) >= 11 is 0. The lowest BCUT2D eigenvalue weighted by molar-refractivity contribution is 0.0222. The van der Waals surface area contributed by atoms with Crippen LogP contribution in [0.1, 0.15) is 48.1 Å². The van der Waals surface area contributed by atoms with Crippen molar-refractivity contribution in [3.05, 3.63) is 47.0 Å². The fourth-order valence-electron chi connectivity index (χ4n) is 3.04. The van der Waals surface area contributed by atoms with Crippen molar-refractivity contribution in [3.8, 4) is 0 Å². The number of ether oxygens (including phenoxy) is 1. The van der Waals surface area contributed by atoms with Crippen molar-refractivity contribution >= 4 is 12.0 Å². The number of aryl methyl sites for hydroxylation is 1. The standard InChI is InChI=1S/C19H25N5O3/c1-19(2,3)27-18(26)24-9-7-15-14(12-24)16(23(4)22-15)17(25)21-11-13-6-5-8-20-10-13/h5-6,8,10H,7,9,11-12H2,1-4H3,(H,21,25). The molecule has 2 amide bonds. The Kier molecular flexibility index (Phi) is 5.16. The van der Waals surface area contributed by atoms with Gasteiger partial charge in [-0.1, -0.05) is 6.07 Å². The Labute approximate surface area is 158 Å². The van der Waals surface area contributed by atoms with Crippen molar-refractivity contribution in [1.29, 1.82) is 0 Å². The van der Waals surface area contributed by atoms with Crippen molar-refractivity contribution in [1.82, 2.24) is 25.0 Å². The van der Waals surface area contributed by atoms with E-state index in [1.54, 1.807) is 29.0 Å². The normalized spacial score (nSPS) is 13.9. The molecule has 0 atom stereocenters. The van der Waals surface area contributed by atoms with Gasteiger partial charge in [-0.05, 0) is 32.4 Å². The number of nitrogens with one attached hydrogen (secondary N) is 1. The Hall–Kier alpha value is -2.90. The van der Waals surface area contributed by atoms with Crippen LogP contribution in [-0.4, -0.2) is 43.8 Å². The molecule has 3 heterocycles. The Bertz CT molecular complexity index is 839. The largest absolute Gasteiger partial charge is 0.444 e. The van der Waals surface area contributed by atoms with Crippen LogP contribution in [0.15, 0.2) is 24.5 Å². The summed E-state index contributed by atoms with van der Waals surface area (Å²) in [7, 11) is 1.75. The molecule has 3 rings (SSSR count). The lowest BCUT2D eigenvalue weighted by Crippen LogP contribution is -2.40. The van der Waals surface area contributed by atoms with Gasteiger partial charge in [0.1, 0.15) is 11.3 Å². The van der Waals surface area contributed by atoms with Crippen LogP contribution in [-0.2, 0) is 31.3 Å². The number of rotatable bonds is 3. The van der Waals surface area contributed by atoms with Gasteiger partial charge in [0.15, 0.2) is 0 Å². The van der Waals surface area contributed by atoms with E-state index in [1.807, 2.05) is 32.9 Å². The molecule has 0 saturated carbocycles. The van der Waals surface area contributed by atoms with E-state index in [2.05, 4.69) is 15.4 Å². The minimum absolute atomic E-state index is 0.221. The van der Waals surface area contributed by atoms with Crippen LogP contribution < -0.4 is 5.32 Å². The lowest BCUT2D eigenvalue weighted by atomic mass is 10.1. The molecule has 8 heteroatoms. The maximum absolute atomic E-state index is 12.8. The molecule has 0 saturated heterocycles. The van der Waals surface area contributed by atoms with Crippen LogP contribution in [0, 0.1) is 0 Å². The Balaban J connectivity index is 1.74. The molecule has 1 N–H and O–H groups in total. The van der Waals surface area contributed by atoms with Gasteiger partial charge in [-0.3, -0.25) is 14.5 Å². The maximum Gasteiger partial charge on any atom is 0.410 e. The van der Waals surface area contributed by atoms with Gasteiger partial charge >= 0.3 is 6.09 Å². The molecule has 8 nitrogen and oxygen atoms in total. The zero-order valence-corrected chi connectivity index (χ0v) is 16.2. The van der Waals surface area contributed by atoms with Crippen LogP contribution in [0.2, 0.25) is 0 Å². The summed E-state index contributed by atoms with van der Waals surface area (Å²) in [5.41, 5.74) is 2.46. The van der Waals surface area contributed by atoms with E-state index in [0.29, 0.717) is 31.7 Å². The second-order valence-electron chi connectivity index (χ2n) is 7.59. The van der Waals surface area contributed by atoms with Gasteiger partial charge in [-0.2, -0.15) is 5.10 Å². The van der Waals surface area contributed by atoms with Gasteiger partial charge in [0.2, 0.25) is 0 Å². The van der Waals surface area contributed by atoms with Crippen LogP contribution in [0.4, 0.5) is 4.79 Å². The molecule has 2 aromatic heterocycles. The molecule has 0 fully saturated rings. The number of amides is 2. The first kappa shape index (κ1) is 18.9. The van der Waals surface area contributed by atoms with Gasteiger partial charge in [0.05, 0.1) is 12.2 Å². The molecule has 0 radical (unpaired) electrons. The second kappa shape index (κ2) is 7.38. The molecule has 2 aromatic rings. The monoisotopic (exact) mass is 371 g/mol. The van der Waals surface area contributed by atoms with Crippen molar-refractivity contribution in [3.63, 3.8) is 0 Å². The SMILES string of the molecule is Cn1nc2c(c1C(=O)NCc1cccnc1)CN(C(=O)OC(C)(C)C)CC2. The summed E-state index contributed by atoms with van der Waals surface area (Å²) in [5.74, 6) is -0.221. The molecule has 0 bridgehead atoms. The van der Waals surface area contributed by atoms with Crippen LogP contribution >= 0.6 is 0 Å². The summed E-state index contributed by atoms with van der Waals surface area (Å²) in [6.07, 6.45) is 3.62. The van der Waals surface area contributed by atoms with Crippen molar-refractivity contribution in [2.75, 3.05) is 6.54 Å². The number of carbonyl (C=O) groups excluding carboxylic acids is 2. The third-order valence-electron chi connectivity index (χ3n) is 4.24. The molecule has 27 heavy (non-hydrogen) atoms. The number of aromatic nitrogens is 3. The average Bonchev–Trinajstić information content (AvgIpc) is 2.94. The van der Waals surface area contributed by atoms with Gasteiger partial charge in [0.25, 0.3) is 5.91 Å². The predicted molar refractivity (Wildman–Crippen MR) is 99.0 cm³/mol. The summed E-state index contributed by atoms with van der Waals surface area (Å²) in [6, 6.07) is 3.72. The van der Waals surface area contributed by atoms with E-state index in [1.165, 1.54) is 0 Å². The fraction of sp³-hybridized carbons (Fsp3) is 0.474. The molecule has 0 unspecified atom stereocenters. The molecule has 0 spiro atoms. The highest BCUT2D eigenvalue weighted by Crippen LogP contribution is 2.23. The van der Waals surface area contributed by atoms with Crippen molar-refractivity contribution in [2.24, 2.45) is 7.05 Å². The first-order valence-corrected chi connectivity index (χ1v) is 8.94. The molecule has 144 valence electrons. The number of fused-ring (bicyclic) bond motifs is 1. The molecule has 1 aliphatic heterocycles.